The van der Waals surface area contributed by atoms with E-state index in [-0.39, 0.29) is 6.04 Å². The monoisotopic (exact) mass is 210 g/mol. The Morgan fingerprint density at radius 3 is 2.53 bits per heavy atom. The maximum atomic E-state index is 6.04. The van der Waals surface area contributed by atoms with Crippen LogP contribution in [0, 0.1) is 12.8 Å². The van der Waals surface area contributed by atoms with Crippen LogP contribution in [-0.4, -0.2) is 20.8 Å². The second kappa shape index (κ2) is 5.26. The molecular formula is C11H22N4. The van der Waals surface area contributed by atoms with Gasteiger partial charge in [0.05, 0.1) is 0 Å². The molecule has 0 fully saturated rings. The van der Waals surface area contributed by atoms with E-state index in [1.54, 1.807) is 0 Å². The van der Waals surface area contributed by atoms with E-state index in [1.807, 2.05) is 6.92 Å². The lowest BCUT2D eigenvalue weighted by molar-refractivity contribution is 0.468. The Bertz CT molecular complexity index is 304. The Labute approximate surface area is 91.9 Å². The van der Waals surface area contributed by atoms with Gasteiger partial charge in [0.1, 0.15) is 11.6 Å². The van der Waals surface area contributed by atoms with Crippen LogP contribution in [-0.2, 0) is 13.0 Å². The van der Waals surface area contributed by atoms with E-state index in [1.165, 1.54) is 0 Å². The molecule has 0 saturated heterocycles. The summed E-state index contributed by atoms with van der Waals surface area (Å²) < 4.78 is 2.17. The van der Waals surface area contributed by atoms with E-state index in [4.69, 9.17) is 5.73 Å². The first-order valence-corrected chi connectivity index (χ1v) is 5.70. The zero-order valence-electron chi connectivity index (χ0n) is 10.2. The zero-order valence-corrected chi connectivity index (χ0v) is 10.2. The molecule has 86 valence electrons. The first-order chi connectivity index (χ1) is 7.06. The third-order valence-corrected chi connectivity index (χ3v) is 2.73. The summed E-state index contributed by atoms with van der Waals surface area (Å²) in [6.45, 7) is 9.41. The van der Waals surface area contributed by atoms with Gasteiger partial charge in [0.15, 0.2) is 0 Å². The lowest BCUT2D eigenvalue weighted by atomic mass is 10.0. The molecule has 0 spiro atoms. The van der Waals surface area contributed by atoms with Gasteiger partial charge >= 0.3 is 0 Å². The van der Waals surface area contributed by atoms with Crippen LogP contribution in [0.4, 0.5) is 0 Å². The minimum Gasteiger partial charge on any atom is -0.327 e. The maximum Gasteiger partial charge on any atom is 0.134 e. The summed E-state index contributed by atoms with van der Waals surface area (Å²) >= 11 is 0. The molecule has 0 bridgehead atoms. The molecule has 4 nitrogen and oxygen atoms in total. The van der Waals surface area contributed by atoms with Crippen molar-refractivity contribution in [3.63, 3.8) is 0 Å². The van der Waals surface area contributed by atoms with Crippen molar-refractivity contribution in [2.45, 2.75) is 53.1 Å². The Hall–Kier alpha value is -0.900. The van der Waals surface area contributed by atoms with Gasteiger partial charge in [-0.25, -0.2) is 0 Å². The summed E-state index contributed by atoms with van der Waals surface area (Å²) in [6.07, 6.45) is 1.92. The van der Waals surface area contributed by atoms with Gasteiger partial charge in [-0.3, -0.25) is 0 Å². The normalized spacial score (nSPS) is 13.5. The highest BCUT2D eigenvalue weighted by Gasteiger charge is 2.14. The predicted octanol–water partition coefficient (Wildman–Crippen LogP) is 1.52. The topological polar surface area (TPSA) is 56.7 Å². The molecule has 0 saturated carbocycles. The largest absolute Gasteiger partial charge is 0.327 e. The van der Waals surface area contributed by atoms with Gasteiger partial charge in [-0.1, -0.05) is 20.8 Å². The van der Waals surface area contributed by atoms with Crippen LogP contribution in [0.3, 0.4) is 0 Å². The minimum absolute atomic E-state index is 0.171. The second-order valence-electron chi connectivity index (χ2n) is 4.43. The van der Waals surface area contributed by atoms with E-state index in [2.05, 4.69) is 35.5 Å². The SMILES string of the molecule is CCCn1c(C)nnc1CC(N)C(C)C. The molecule has 1 aromatic rings. The van der Waals surface area contributed by atoms with Crippen LogP contribution in [0.5, 0.6) is 0 Å². The average Bonchev–Trinajstić information content (AvgIpc) is 2.50. The first kappa shape index (κ1) is 12.2. The number of hydrogen-bond donors (Lipinski definition) is 1. The van der Waals surface area contributed by atoms with Crippen LogP contribution in [0.15, 0.2) is 0 Å². The smallest absolute Gasteiger partial charge is 0.134 e. The Balaban J connectivity index is 2.76. The molecule has 1 rings (SSSR count). The fraction of sp³-hybridized carbons (Fsp3) is 0.818. The predicted molar refractivity (Wildman–Crippen MR) is 61.6 cm³/mol. The number of aryl methyl sites for hydroxylation is 1. The molecule has 0 aliphatic rings. The summed E-state index contributed by atoms with van der Waals surface area (Å²) in [4.78, 5) is 0. The van der Waals surface area contributed by atoms with Crippen molar-refractivity contribution in [1.29, 1.82) is 0 Å². The van der Waals surface area contributed by atoms with Crippen LogP contribution in [0.2, 0.25) is 0 Å². The van der Waals surface area contributed by atoms with Crippen LogP contribution in [0.25, 0.3) is 0 Å². The fourth-order valence-corrected chi connectivity index (χ4v) is 1.54. The van der Waals surface area contributed by atoms with Crippen molar-refractivity contribution < 1.29 is 0 Å². The van der Waals surface area contributed by atoms with Crippen molar-refractivity contribution in [1.82, 2.24) is 14.8 Å². The highest BCUT2D eigenvalue weighted by atomic mass is 15.3. The van der Waals surface area contributed by atoms with Crippen LogP contribution < -0.4 is 5.73 Å². The van der Waals surface area contributed by atoms with E-state index < -0.39 is 0 Å². The number of nitrogens with two attached hydrogens (primary N) is 1. The molecule has 1 heterocycles. The van der Waals surface area contributed by atoms with Crippen LogP contribution >= 0.6 is 0 Å². The van der Waals surface area contributed by atoms with Crippen molar-refractivity contribution in [3.8, 4) is 0 Å². The molecular weight excluding hydrogens is 188 g/mol. The second-order valence-corrected chi connectivity index (χ2v) is 4.43. The van der Waals surface area contributed by atoms with Gasteiger partial charge in [-0.2, -0.15) is 0 Å². The van der Waals surface area contributed by atoms with E-state index >= 15 is 0 Å². The molecule has 2 N–H and O–H groups in total. The third kappa shape index (κ3) is 3.02. The average molecular weight is 210 g/mol. The van der Waals surface area contributed by atoms with Gasteiger partial charge in [0.25, 0.3) is 0 Å². The van der Waals surface area contributed by atoms with E-state index in [0.717, 1.165) is 31.0 Å². The Morgan fingerprint density at radius 2 is 2.00 bits per heavy atom. The number of nitrogens with zero attached hydrogens (tertiary/aromatic N) is 3. The van der Waals surface area contributed by atoms with Crippen molar-refractivity contribution >= 4 is 0 Å². The summed E-state index contributed by atoms with van der Waals surface area (Å²) in [6, 6.07) is 0.171. The summed E-state index contributed by atoms with van der Waals surface area (Å²) in [5.41, 5.74) is 6.04. The van der Waals surface area contributed by atoms with Crippen LogP contribution in [0.1, 0.15) is 38.8 Å². The first-order valence-electron chi connectivity index (χ1n) is 5.70. The molecule has 1 unspecified atom stereocenters. The summed E-state index contributed by atoms with van der Waals surface area (Å²) in [7, 11) is 0. The molecule has 0 aromatic carbocycles. The third-order valence-electron chi connectivity index (χ3n) is 2.73. The van der Waals surface area contributed by atoms with E-state index in [9.17, 15) is 0 Å². The summed E-state index contributed by atoms with van der Waals surface area (Å²) in [5.74, 6) is 2.50. The van der Waals surface area contributed by atoms with Crippen molar-refractivity contribution in [2.24, 2.45) is 11.7 Å². The molecule has 15 heavy (non-hydrogen) atoms. The van der Waals surface area contributed by atoms with Crippen molar-refractivity contribution in [3.05, 3.63) is 11.6 Å². The standard InChI is InChI=1S/C11H22N4/c1-5-6-15-9(4)13-14-11(15)7-10(12)8(2)3/h8,10H,5-7,12H2,1-4H3. The van der Waals surface area contributed by atoms with Crippen molar-refractivity contribution in [2.75, 3.05) is 0 Å². The number of aromatic nitrogens is 3. The van der Waals surface area contributed by atoms with Gasteiger partial charge in [0.2, 0.25) is 0 Å². The fourth-order valence-electron chi connectivity index (χ4n) is 1.54. The van der Waals surface area contributed by atoms with Gasteiger partial charge in [0, 0.05) is 19.0 Å². The lowest BCUT2D eigenvalue weighted by Crippen LogP contribution is -2.30. The minimum atomic E-state index is 0.171. The quantitative estimate of drug-likeness (QED) is 0.801. The molecule has 4 heteroatoms. The molecule has 0 amide bonds. The highest BCUT2D eigenvalue weighted by Crippen LogP contribution is 2.09. The zero-order chi connectivity index (χ0) is 11.4. The summed E-state index contributed by atoms with van der Waals surface area (Å²) in [5, 5.41) is 8.29. The van der Waals surface area contributed by atoms with Gasteiger partial charge in [-0.15, -0.1) is 10.2 Å². The number of rotatable bonds is 5. The lowest BCUT2D eigenvalue weighted by Gasteiger charge is -2.15. The molecule has 0 aliphatic carbocycles. The van der Waals surface area contributed by atoms with E-state index in [0.29, 0.717) is 5.92 Å². The Kier molecular flexibility index (Phi) is 4.27. The number of hydrogen-bond acceptors (Lipinski definition) is 3. The maximum absolute atomic E-state index is 6.04. The molecule has 1 aromatic heterocycles. The highest BCUT2D eigenvalue weighted by molar-refractivity contribution is 4.96. The van der Waals surface area contributed by atoms with Gasteiger partial charge in [-0.05, 0) is 19.3 Å². The molecule has 1 atom stereocenters. The van der Waals surface area contributed by atoms with Gasteiger partial charge < -0.3 is 10.3 Å². The Morgan fingerprint density at radius 1 is 1.33 bits per heavy atom. The molecule has 0 radical (unpaired) electrons. The molecule has 0 aliphatic heterocycles.